The average Bonchev–Trinajstić information content (AvgIpc) is 4.09. The van der Waals surface area contributed by atoms with Gasteiger partial charge in [0.2, 0.25) is 5.91 Å². The Morgan fingerprint density at radius 3 is 1.73 bits per heavy atom. The number of carbonyl (C=O) groups excluding carboxylic acids is 1. The molecule has 0 spiro atoms. The molecule has 6 aromatic rings. The van der Waals surface area contributed by atoms with Crippen molar-refractivity contribution in [2.45, 2.75) is 104 Å². The summed E-state index contributed by atoms with van der Waals surface area (Å²) in [7, 11) is 0. The summed E-state index contributed by atoms with van der Waals surface area (Å²) in [6.07, 6.45) is 14.5. The molecule has 4 aliphatic rings. The zero-order valence-corrected chi connectivity index (χ0v) is 37.8. The van der Waals surface area contributed by atoms with Crippen molar-refractivity contribution in [3.8, 4) is 33.8 Å². The number of carbonyl (C=O) groups is 1. The predicted molar refractivity (Wildman–Crippen MR) is 249 cm³/mol. The molecule has 2 N–H and O–H groups in total. The average molecular weight is 918 g/mol. The molecule has 4 saturated carbocycles. The van der Waals surface area contributed by atoms with Crippen LogP contribution < -0.4 is 18.9 Å². The first-order valence-electron chi connectivity index (χ1n) is 21.4. The van der Waals surface area contributed by atoms with Crippen LogP contribution in [0.25, 0.3) is 22.3 Å². The summed E-state index contributed by atoms with van der Waals surface area (Å²) in [4.78, 5) is 22.5. The van der Waals surface area contributed by atoms with E-state index >= 15 is 0 Å². The summed E-state index contributed by atoms with van der Waals surface area (Å²) < 4.78 is 32.8. The maximum Gasteiger partial charge on any atom is 0.226 e. The number of aromatic nitrogens is 2. The Labute approximate surface area is 386 Å². The van der Waals surface area contributed by atoms with Gasteiger partial charge in [-0.2, -0.15) is 0 Å². The molecule has 0 saturated heterocycles. The first kappa shape index (κ1) is 42.4. The van der Waals surface area contributed by atoms with Crippen LogP contribution in [0.4, 0.5) is 0 Å². The van der Waals surface area contributed by atoms with E-state index in [-0.39, 0.29) is 18.1 Å². The van der Waals surface area contributed by atoms with Crippen molar-refractivity contribution in [3.05, 3.63) is 154 Å². The number of nitrogens with zero attached hydrogens (tertiary/aromatic N) is 2. The third-order valence-corrected chi connectivity index (χ3v) is 14.4. The number of nitrogens with one attached hydrogen (secondary N) is 2. The third kappa shape index (κ3) is 9.76. The maximum absolute atomic E-state index is 11.5. The second-order valence-electron chi connectivity index (χ2n) is 16.7. The second kappa shape index (κ2) is 18.1. The van der Waals surface area contributed by atoms with Gasteiger partial charge in [0.1, 0.15) is 17.6 Å². The zero-order valence-electron chi connectivity index (χ0n) is 34.7. The van der Waals surface area contributed by atoms with Crippen molar-refractivity contribution in [2.24, 2.45) is 0 Å². The van der Waals surface area contributed by atoms with Crippen molar-refractivity contribution < 1.29 is 23.7 Å². The first-order chi connectivity index (χ1) is 30.8. The van der Waals surface area contributed by atoms with Gasteiger partial charge < -0.3 is 18.9 Å². The van der Waals surface area contributed by atoms with Gasteiger partial charge in [0.15, 0.2) is 0 Å². The molecule has 9 nitrogen and oxygen atoms in total. The van der Waals surface area contributed by atoms with Gasteiger partial charge in [0.05, 0.1) is 36.6 Å². The standard InChI is InChI=1S/C50H46Cl2N4O5S2/c1-31(57)55-62-35-12-14-43(51)32(24-35)29-58-50(20-21-50)42-28-54-23-17-38(42)40-7-3-5-9-47(40)61-48-26-45(48)56-63-36-13-15-44(52)33(25-36)30-59-49(18-19-49)41-27-53-22-16-37(41)39-6-2-4-8-46(39)60-34-10-11-34/h2-9,12-17,22-25,27-28,34,45,48,56H,10-11,18-21,26,29-30H2,1H3,(H,55,57). The number of rotatable bonds is 19. The molecule has 2 atom stereocenters. The van der Waals surface area contributed by atoms with E-state index in [9.17, 15) is 4.79 Å². The topological polar surface area (TPSA) is 104 Å². The van der Waals surface area contributed by atoms with E-state index < -0.39 is 11.2 Å². The molecule has 4 aromatic carbocycles. The fourth-order valence-electron chi connectivity index (χ4n) is 7.89. The number of amides is 1. The Bertz CT molecular complexity index is 2660. The van der Waals surface area contributed by atoms with Crippen LogP contribution in [0.2, 0.25) is 10.0 Å². The maximum atomic E-state index is 11.5. The zero-order chi connectivity index (χ0) is 43.0. The van der Waals surface area contributed by atoms with Crippen molar-refractivity contribution in [3.63, 3.8) is 0 Å². The molecule has 13 heteroatoms. The molecule has 1 amide bonds. The molecule has 0 aliphatic heterocycles. The lowest BCUT2D eigenvalue weighted by molar-refractivity contribution is -0.117. The number of hydrogen-bond donors (Lipinski definition) is 2. The van der Waals surface area contributed by atoms with Crippen LogP contribution in [0.1, 0.15) is 74.1 Å². The SMILES string of the molecule is CC(=O)NSc1ccc(Cl)c(COC2(c3cnccc3-c3ccccc3OC3CC3NSc3ccc(Cl)c(COC4(c5cnccc5-c5ccccc5OC5CC5)CC4)c3)CC2)c1. The fourth-order valence-corrected chi connectivity index (χ4v) is 9.71. The van der Waals surface area contributed by atoms with Gasteiger partial charge in [-0.1, -0.05) is 59.6 Å². The molecular weight excluding hydrogens is 872 g/mol. The highest BCUT2D eigenvalue weighted by Crippen LogP contribution is 2.55. The monoisotopic (exact) mass is 916 g/mol. The molecule has 0 radical (unpaired) electrons. The molecular formula is C50H46Cl2N4O5S2. The lowest BCUT2D eigenvalue weighted by Crippen LogP contribution is -2.16. The molecule has 2 aromatic heterocycles. The normalized spacial score (nSPS) is 19.0. The summed E-state index contributed by atoms with van der Waals surface area (Å²) in [5.41, 5.74) is 7.23. The Hall–Kier alpha value is -4.59. The van der Waals surface area contributed by atoms with E-state index in [0.717, 1.165) is 111 Å². The molecule has 0 bridgehead atoms. The van der Waals surface area contributed by atoms with Crippen LogP contribution in [0.5, 0.6) is 11.5 Å². The summed E-state index contributed by atoms with van der Waals surface area (Å²) in [5.74, 6) is 1.62. The largest absolute Gasteiger partial charge is 0.490 e. The van der Waals surface area contributed by atoms with Gasteiger partial charge in [-0.25, -0.2) is 0 Å². The van der Waals surface area contributed by atoms with Gasteiger partial charge in [0.25, 0.3) is 0 Å². The molecule has 322 valence electrons. The van der Waals surface area contributed by atoms with Gasteiger partial charge in [-0.3, -0.25) is 24.2 Å². The lowest BCUT2D eigenvalue weighted by atomic mass is 9.96. The van der Waals surface area contributed by atoms with Crippen LogP contribution >= 0.6 is 47.1 Å². The minimum atomic E-state index is -0.485. The van der Waals surface area contributed by atoms with E-state index in [1.54, 1.807) is 11.9 Å². The van der Waals surface area contributed by atoms with Crippen molar-refractivity contribution in [2.75, 3.05) is 0 Å². The lowest BCUT2D eigenvalue weighted by Gasteiger charge is -2.22. The first-order valence-corrected chi connectivity index (χ1v) is 23.8. The number of pyridine rings is 2. The number of hydrogen-bond acceptors (Lipinski definition) is 10. The summed E-state index contributed by atoms with van der Waals surface area (Å²) in [6, 6.07) is 32.5. The summed E-state index contributed by atoms with van der Waals surface area (Å²) >= 11 is 16.2. The molecule has 4 fully saturated rings. The smallest absolute Gasteiger partial charge is 0.226 e. The van der Waals surface area contributed by atoms with Crippen molar-refractivity contribution in [1.29, 1.82) is 0 Å². The summed E-state index contributed by atoms with van der Waals surface area (Å²) in [5, 5.41) is 1.30. The summed E-state index contributed by atoms with van der Waals surface area (Å²) in [6.45, 7) is 2.20. The van der Waals surface area contributed by atoms with E-state index in [1.807, 2.05) is 85.5 Å². The van der Waals surface area contributed by atoms with Gasteiger partial charge in [-0.15, -0.1) is 0 Å². The molecule has 63 heavy (non-hydrogen) atoms. The third-order valence-electron chi connectivity index (χ3n) is 11.9. The number of para-hydroxylation sites is 2. The van der Waals surface area contributed by atoms with Crippen LogP contribution in [-0.4, -0.2) is 34.1 Å². The van der Waals surface area contributed by atoms with Crippen LogP contribution in [0.15, 0.2) is 132 Å². The van der Waals surface area contributed by atoms with E-state index in [4.69, 9.17) is 42.1 Å². The number of halogens is 2. The number of benzene rings is 4. The van der Waals surface area contributed by atoms with E-state index in [2.05, 4.69) is 55.8 Å². The quantitative estimate of drug-likeness (QED) is 0.0763. The second-order valence-corrected chi connectivity index (χ2v) is 19.3. The Balaban J connectivity index is 0.772. The molecule has 10 rings (SSSR count). The highest BCUT2D eigenvalue weighted by molar-refractivity contribution is 7.98. The van der Waals surface area contributed by atoms with Crippen LogP contribution in [0.3, 0.4) is 0 Å². The molecule has 2 unspecified atom stereocenters. The van der Waals surface area contributed by atoms with Crippen molar-refractivity contribution >= 4 is 53.0 Å². The van der Waals surface area contributed by atoms with Crippen molar-refractivity contribution in [1.82, 2.24) is 19.4 Å². The van der Waals surface area contributed by atoms with Crippen LogP contribution in [-0.2, 0) is 38.7 Å². The Morgan fingerprint density at radius 2 is 1.21 bits per heavy atom. The van der Waals surface area contributed by atoms with E-state index in [1.165, 1.54) is 18.9 Å². The highest BCUT2D eigenvalue weighted by Gasteiger charge is 2.49. The van der Waals surface area contributed by atoms with Gasteiger partial charge in [-0.05, 0) is 145 Å². The number of ether oxygens (including phenoxy) is 4. The molecule has 4 aliphatic carbocycles. The minimum Gasteiger partial charge on any atom is -0.490 e. The molecule has 2 heterocycles. The van der Waals surface area contributed by atoms with Gasteiger partial charge in [0, 0.05) is 80.2 Å². The Morgan fingerprint density at radius 1 is 0.683 bits per heavy atom. The minimum absolute atomic E-state index is 0.0122. The van der Waals surface area contributed by atoms with Gasteiger partial charge >= 0.3 is 0 Å². The fraction of sp³-hybridized carbons (Fsp3) is 0.300. The highest BCUT2D eigenvalue weighted by atomic mass is 35.5. The predicted octanol–water partition coefficient (Wildman–Crippen LogP) is 12.0. The van der Waals surface area contributed by atoms with Crippen LogP contribution in [0, 0.1) is 0 Å². The van der Waals surface area contributed by atoms with E-state index in [0.29, 0.717) is 29.4 Å². The Kier molecular flexibility index (Phi) is 12.2.